The molecule has 0 aliphatic rings. The van der Waals surface area contributed by atoms with E-state index in [1.54, 1.807) is 48.5 Å². The Morgan fingerprint density at radius 1 is 1.04 bits per heavy atom. The fourth-order valence-corrected chi connectivity index (χ4v) is 2.36. The highest BCUT2D eigenvalue weighted by Gasteiger charge is 2.17. The van der Waals surface area contributed by atoms with Crippen molar-refractivity contribution in [2.45, 2.75) is 18.9 Å². The van der Waals surface area contributed by atoms with Gasteiger partial charge in [0.15, 0.2) is 5.78 Å². The smallest absolute Gasteiger partial charge is 0.221 e. The number of halogens is 1. The maximum atomic E-state index is 12.0. The van der Waals surface area contributed by atoms with Gasteiger partial charge in [-0.15, -0.1) is 0 Å². The third-order valence-corrected chi connectivity index (χ3v) is 3.67. The second-order valence-electron chi connectivity index (χ2n) is 4.94. The van der Waals surface area contributed by atoms with E-state index in [-0.39, 0.29) is 24.5 Å². The van der Waals surface area contributed by atoms with Crippen molar-refractivity contribution in [1.29, 1.82) is 5.26 Å². The van der Waals surface area contributed by atoms with Gasteiger partial charge < -0.3 is 5.32 Å². The van der Waals surface area contributed by atoms with Crippen molar-refractivity contribution in [1.82, 2.24) is 5.32 Å². The minimum atomic E-state index is -0.831. The van der Waals surface area contributed by atoms with E-state index in [2.05, 4.69) is 5.32 Å². The molecule has 2 aromatic rings. The summed E-state index contributed by atoms with van der Waals surface area (Å²) >= 11 is 6.03. The lowest BCUT2D eigenvalue weighted by Crippen LogP contribution is -2.28. The summed E-state index contributed by atoms with van der Waals surface area (Å²) in [6.45, 7) is 0. The number of carbonyl (C=O) groups is 2. The minimum absolute atomic E-state index is 0.0242. The van der Waals surface area contributed by atoms with Crippen LogP contribution < -0.4 is 5.32 Å². The Morgan fingerprint density at radius 3 is 2.35 bits per heavy atom. The quantitative estimate of drug-likeness (QED) is 0.823. The van der Waals surface area contributed by atoms with Gasteiger partial charge in [0.1, 0.15) is 6.04 Å². The van der Waals surface area contributed by atoms with Crippen molar-refractivity contribution < 1.29 is 9.59 Å². The van der Waals surface area contributed by atoms with Gasteiger partial charge in [-0.2, -0.15) is 5.26 Å². The lowest BCUT2D eigenvalue weighted by Gasteiger charge is -2.13. The van der Waals surface area contributed by atoms with Gasteiger partial charge in [-0.1, -0.05) is 60.1 Å². The predicted molar refractivity (Wildman–Crippen MR) is 88.0 cm³/mol. The Kier molecular flexibility index (Phi) is 5.90. The zero-order chi connectivity index (χ0) is 16.7. The number of ketones is 1. The van der Waals surface area contributed by atoms with Crippen LogP contribution in [0.25, 0.3) is 0 Å². The van der Waals surface area contributed by atoms with Crippen LogP contribution >= 0.6 is 11.6 Å². The Morgan fingerprint density at radius 2 is 1.70 bits per heavy atom. The van der Waals surface area contributed by atoms with Crippen molar-refractivity contribution in [3.05, 3.63) is 70.7 Å². The molecule has 2 aromatic carbocycles. The van der Waals surface area contributed by atoms with Gasteiger partial charge in [-0.3, -0.25) is 9.59 Å². The highest BCUT2D eigenvalue weighted by atomic mass is 35.5. The molecule has 0 aromatic heterocycles. The van der Waals surface area contributed by atoms with Gasteiger partial charge in [0.05, 0.1) is 6.07 Å². The van der Waals surface area contributed by atoms with E-state index in [1.165, 1.54) is 0 Å². The topological polar surface area (TPSA) is 70.0 Å². The second kappa shape index (κ2) is 8.11. The zero-order valence-electron chi connectivity index (χ0n) is 12.3. The van der Waals surface area contributed by atoms with Crippen LogP contribution in [0.5, 0.6) is 0 Å². The molecule has 0 radical (unpaired) electrons. The first kappa shape index (κ1) is 16.7. The van der Waals surface area contributed by atoms with E-state index in [0.717, 1.165) is 0 Å². The van der Waals surface area contributed by atoms with Crippen LogP contribution in [-0.4, -0.2) is 11.7 Å². The molecule has 4 nitrogen and oxygen atoms in total. The van der Waals surface area contributed by atoms with Gasteiger partial charge in [0, 0.05) is 29.0 Å². The maximum Gasteiger partial charge on any atom is 0.221 e. The molecular formula is C18H15ClN2O2. The van der Waals surface area contributed by atoms with Gasteiger partial charge in [0.2, 0.25) is 5.91 Å². The molecule has 23 heavy (non-hydrogen) atoms. The average molecular weight is 327 g/mol. The summed E-state index contributed by atoms with van der Waals surface area (Å²) in [7, 11) is 0. The number of nitriles is 1. The van der Waals surface area contributed by atoms with Crippen LogP contribution in [0.1, 0.15) is 34.8 Å². The van der Waals surface area contributed by atoms with Crippen molar-refractivity contribution in [3.63, 3.8) is 0 Å². The normalized spacial score (nSPS) is 11.3. The summed E-state index contributed by atoms with van der Waals surface area (Å²) in [4.78, 5) is 23.9. The number of nitrogens with one attached hydrogen (secondary N) is 1. The highest BCUT2D eigenvalue weighted by Crippen LogP contribution is 2.22. The molecule has 0 aliphatic heterocycles. The molecule has 5 heteroatoms. The van der Waals surface area contributed by atoms with E-state index < -0.39 is 6.04 Å². The molecule has 0 saturated heterocycles. The number of hydrogen-bond acceptors (Lipinski definition) is 3. The SMILES string of the molecule is N#C[C@@H](NC(=O)CCC(=O)c1ccccc1)c1ccccc1Cl. The van der Waals surface area contributed by atoms with Crippen molar-refractivity contribution in [2.75, 3.05) is 0 Å². The van der Waals surface area contributed by atoms with E-state index in [0.29, 0.717) is 16.1 Å². The van der Waals surface area contributed by atoms with Crippen LogP contribution in [0.2, 0.25) is 5.02 Å². The summed E-state index contributed by atoms with van der Waals surface area (Å²) < 4.78 is 0. The van der Waals surface area contributed by atoms with Gasteiger partial charge in [-0.25, -0.2) is 0 Å². The molecule has 0 bridgehead atoms. The van der Waals surface area contributed by atoms with E-state index in [9.17, 15) is 14.9 Å². The molecular weight excluding hydrogens is 312 g/mol. The van der Waals surface area contributed by atoms with Gasteiger partial charge >= 0.3 is 0 Å². The summed E-state index contributed by atoms with van der Waals surface area (Å²) in [5.41, 5.74) is 1.11. The molecule has 0 unspecified atom stereocenters. The lowest BCUT2D eigenvalue weighted by atomic mass is 10.1. The Labute approximate surface area is 139 Å². The third-order valence-electron chi connectivity index (χ3n) is 3.33. The van der Waals surface area contributed by atoms with E-state index in [4.69, 9.17) is 11.6 Å². The number of amides is 1. The summed E-state index contributed by atoms with van der Waals surface area (Å²) in [5, 5.41) is 12.2. The first-order valence-electron chi connectivity index (χ1n) is 7.13. The van der Waals surface area contributed by atoms with Crippen molar-refractivity contribution in [3.8, 4) is 6.07 Å². The van der Waals surface area contributed by atoms with Crippen LogP contribution in [0.15, 0.2) is 54.6 Å². The standard InChI is InChI=1S/C18H15ClN2O2/c19-15-9-5-4-8-14(15)16(12-20)21-18(23)11-10-17(22)13-6-2-1-3-7-13/h1-9,16H,10-11H2,(H,21,23)/t16-/m1/s1. The average Bonchev–Trinajstić information content (AvgIpc) is 2.59. The summed E-state index contributed by atoms with van der Waals surface area (Å²) in [6, 6.07) is 16.8. The van der Waals surface area contributed by atoms with Gasteiger partial charge in [-0.05, 0) is 6.07 Å². The van der Waals surface area contributed by atoms with Crippen LogP contribution in [0.3, 0.4) is 0 Å². The molecule has 1 atom stereocenters. The molecule has 0 spiro atoms. The zero-order valence-corrected chi connectivity index (χ0v) is 13.1. The lowest BCUT2D eigenvalue weighted by molar-refractivity contribution is -0.121. The van der Waals surface area contributed by atoms with Crippen molar-refractivity contribution >= 4 is 23.3 Å². The maximum absolute atomic E-state index is 12.0. The fraction of sp³-hybridized carbons (Fsp3) is 0.167. The third kappa shape index (κ3) is 4.67. The van der Waals surface area contributed by atoms with Crippen LogP contribution in [0, 0.1) is 11.3 Å². The first-order valence-corrected chi connectivity index (χ1v) is 7.51. The molecule has 0 aliphatic carbocycles. The molecule has 0 fully saturated rings. The number of benzene rings is 2. The summed E-state index contributed by atoms with van der Waals surface area (Å²) in [5.74, 6) is -0.465. The van der Waals surface area contributed by atoms with Crippen LogP contribution in [-0.2, 0) is 4.79 Å². The van der Waals surface area contributed by atoms with Gasteiger partial charge in [0.25, 0.3) is 0 Å². The Balaban J connectivity index is 1.93. The Hall–Kier alpha value is -2.64. The van der Waals surface area contributed by atoms with E-state index in [1.807, 2.05) is 12.1 Å². The number of Topliss-reactive ketones (excluding diaryl/α,β-unsaturated/α-hetero) is 1. The highest BCUT2D eigenvalue weighted by molar-refractivity contribution is 6.31. The number of carbonyl (C=O) groups excluding carboxylic acids is 2. The number of rotatable bonds is 6. The fourth-order valence-electron chi connectivity index (χ4n) is 2.12. The van der Waals surface area contributed by atoms with Crippen molar-refractivity contribution in [2.24, 2.45) is 0 Å². The molecule has 1 N–H and O–H groups in total. The number of hydrogen-bond donors (Lipinski definition) is 1. The molecule has 0 saturated carbocycles. The predicted octanol–water partition coefficient (Wildman–Crippen LogP) is 3.68. The largest absolute Gasteiger partial charge is 0.337 e. The molecule has 1 amide bonds. The van der Waals surface area contributed by atoms with E-state index >= 15 is 0 Å². The Bertz CT molecular complexity index is 738. The summed E-state index contributed by atoms with van der Waals surface area (Å²) in [6.07, 6.45) is 0.118. The minimum Gasteiger partial charge on any atom is -0.337 e. The molecule has 2 rings (SSSR count). The monoisotopic (exact) mass is 326 g/mol. The van der Waals surface area contributed by atoms with Crippen LogP contribution in [0.4, 0.5) is 0 Å². The molecule has 0 heterocycles. The second-order valence-corrected chi connectivity index (χ2v) is 5.35. The molecule has 116 valence electrons. The number of nitrogens with zero attached hydrogens (tertiary/aromatic N) is 1. The first-order chi connectivity index (χ1) is 11.1.